The molecule has 0 saturated heterocycles. The van der Waals surface area contributed by atoms with Crippen LogP contribution in [0.25, 0.3) is 0 Å². The molecule has 0 spiro atoms. The first-order valence-corrected chi connectivity index (χ1v) is 8.19. The third kappa shape index (κ3) is 4.11. The van der Waals surface area contributed by atoms with Crippen molar-refractivity contribution < 1.29 is 0 Å². The van der Waals surface area contributed by atoms with Gasteiger partial charge in [0.15, 0.2) is 0 Å². The predicted octanol–water partition coefficient (Wildman–Crippen LogP) is 4.50. The van der Waals surface area contributed by atoms with Crippen molar-refractivity contribution in [2.75, 3.05) is 13.1 Å². The standard InChI is InChI=1S/C16H24Cl2N2/c1-11(2)7-8-20(13-4-5-13)16(10-19)12-3-6-14(17)15(18)9-12/h3,6,9,11,13,16H,4-5,7-8,10,19H2,1-2H3. The summed E-state index contributed by atoms with van der Waals surface area (Å²) >= 11 is 12.2. The van der Waals surface area contributed by atoms with E-state index in [9.17, 15) is 0 Å². The Balaban J connectivity index is 2.16. The van der Waals surface area contributed by atoms with E-state index in [1.807, 2.05) is 12.1 Å². The zero-order chi connectivity index (χ0) is 14.7. The largest absolute Gasteiger partial charge is 0.329 e. The van der Waals surface area contributed by atoms with Gasteiger partial charge >= 0.3 is 0 Å². The van der Waals surface area contributed by atoms with Crippen molar-refractivity contribution in [3.05, 3.63) is 33.8 Å². The van der Waals surface area contributed by atoms with Crippen molar-refractivity contribution >= 4 is 23.2 Å². The number of nitrogens with two attached hydrogens (primary N) is 1. The summed E-state index contributed by atoms with van der Waals surface area (Å²) < 4.78 is 0. The zero-order valence-electron chi connectivity index (χ0n) is 12.3. The molecule has 1 aromatic rings. The molecule has 0 heterocycles. The van der Waals surface area contributed by atoms with Crippen LogP contribution in [-0.4, -0.2) is 24.0 Å². The van der Waals surface area contributed by atoms with Gasteiger partial charge < -0.3 is 5.73 Å². The first kappa shape index (κ1) is 16.1. The molecule has 1 unspecified atom stereocenters. The fraction of sp³-hybridized carbons (Fsp3) is 0.625. The van der Waals surface area contributed by atoms with Crippen LogP contribution in [0, 0.1) is 5.92 Å². The molecule has 0 amide bonds. The van der Waals surface area contributed by atoms with Crippen LogP contribution in [0.15, 0.2) is 18.2 Å². The second kappa shape index (κ2) is 7.13. The van der Waals surface area contributed by atoms with Crippen LogP contribution in [0.5, 0.6) is 0 Å². The maximum absolute atomic E-state index is 6.15. The van der Waals surface area contributed by atoms with Crippen LogP contribution in [0.2, 0.25) is 10.0 Å². The Bertz CT molecular complexity index is 444. The molecule has 2 nitrogen and oxygen atoms in total. The molecule has 1 atom stereocenters. The number of hydrogen-bond acceptors (Lipinski definition) is 2. The van der Waals surface area contributed by atoms with Crippen molar-refractivity contribution in [1.82, 2.24) is 4.90 Å². The molecular formula is C16H24Cl2N2. The molecule has 20 heavy (non-hydrogen) atoms. The minimum atomic E-state index is 0.246. The van der Waals surface area contributed by atoms with Crippen molar-refractivity contribution in [2.24, 2.45) is 11.7 Å². The average Bonchev–Trinajstić information content (AvgIpc) is 3.22. The minimum absolute atomic E-state index is 0.246. The number of rotatable bonds is 7. The van der Waals surface area contributed by atoms with Crippen molar-refractivity contribution in [3.8, 4) is 0 Å². The highest BCUT2D eigenvalue weighted by atomic mass is 35.5. The third-order valence-corrected chi connectivity index (χ3v) is 4.67. The van der Waals surface area contributed by atoms with Crippen LogP contribution in [0.3, 0.4) is 0 Å². The van der Waals surface area contributed by atoms with Crippen molar-refractivity contribution in [2.45, 2.75) is 45.2 Å². The van der Waals surface area contributed by atoms with Gasteiger partial charge in [-0.15, -0.1) is 0 Å². The lowest BCUT2D eigenvalue weighted by Crippen LogP contribution is -2.36. The lowest BCUT2D eigenvalue weighted by molar-refractivity contribution is 0.181. The predicted molar refractivity (Wildman–Crippen MR) is 87.4 cm³/mol. The molecule has 112 valence electrons. The summed E-state index contributed by atoms with van der Waals surface area (Å²) in [6, 6.07) is 6.82. The van der Waals surface area contributed by atoms with Gasteiger partial charge in [-0.25, -0.2) is 0 Å². The number of nitrogens with zero attached hydrogens (tertiary/aromatic N) is 1. The lowest BCUT2D eigenvalue weighted by Gasteiger charge is -2.32. The molecule has 0 aromatic heterocycles. The maximum Gasteiger partial charge on any atom is 0.0595 e. The summed E-state index contributed by atoms with van der Waals surface area (Å²) in [5, 5.41) is 1.22. The fourth-order valence-corrected chi connectivity index (χ4v) is 2.90. The van der Waals surface area contributed by atoms with Gasteiger partial charge in [0.2, 0.25) is 0 Å². The number of benzene rings is 1. The first-order valence-electron chi connectivity index (χ1n) is 7.43. The Morgan fingerprint density at radius 2 is 1.95 bits per heavy atom. The van der Waals surface area contributed by atoms with Crippen LogP contribution >= 0.6 is 23.2 Å². The minimum Gasteiger partial charge on any atom is -0.329 e. The second-order valence-corrected chi connectivity index (χ2v) is 6.89. The Morgan fingerprint density at radius 1 is 1.25 bits per heavy atom. The summed E-state index contributed by atoms with van der Waals surface area (Å²) in [5.41, 5.74) is 7.23. The molecule has 1 fully saturated rings. The van der Waals surface area contributed by atoms with Crippen LogP contribution in [0.4, 0.5) is 0 Å². The van der Waals surface area contributed by atoms with Crippen LogP contribution < -0.4 is 5.73 Å². The highest BCUT2D eigenvalue weighted by Gasteiger charge is 2.33. The summed E-state index contributed by atoms with van der Waals surface area (Å²) in [5.74, 6) is 0.712. The molecule has 2 rings (SSSR count). The van der Waals surface area contributed by atoms with Gasteiger partial charge in [-0.05, 0) is 49.4 Å². The summed E-state index contributed by atoms with van der Waals surface area (Å²) in [6.07, 6.45) is 3.78. The van der Waals surface area contributed by atoms with E-state index < -0.39 is 0 Å². The molecule has 1 aromatic carbocycles. The molecule has 2 N–H and O–H groups in total. The quantitative estimate of drug-likeness (QED) is 0.802. The second-order valence-electron chi connectivity index (χ2n) is 6.08. The Kier molecular flexibility index (Phi) is 5.74. The normalized spacial score (nSPS) is 16.9. The fourth-order valence-electron chi connectivity index (χ4n) is 2.59. The Morgan fingerprint density at radius 3 is 2.45 bits per heavy atom. The van der Waals surface area contributed by atoms with Crippen LogP contribution in [-0.2, 0) is 0 Å². The monoisotopic (exact) mass is 314 g/mol. The first-order chi connectivity index (χ1) is 9.52. The summed E-state index contributed by atoms with van der Waals surface area (Å²) in [6.45, 7) is 6.25. The van der Waals surface area contributed by atoms with E-state index in [0.29, 0.717) is 28.5 Å². The Labute approximate surface area is 132 Å². The van der Waals surface area contributed by atoms with E-state index in [4.69, 9.17) is 28.9 Å². The molecule has 0 radical (unpaired) electrons. The highest BCUT2D eigenvalue weighted by molar-refractivity contribution is 6.42. The van der Waals surface area contributed by atoms with Crippen LogP contribution in [0.1, 0.15) is 44.7 Å². The molecule has 1 aliphatic rings. The molecular weight excluding hydrogens is 291 g/mol. The van der Waals surface area contributed by atoms with E-state index in [2.05, 4.69) is 24.8 Å². The molecule has 0 bridgehead atoms. The van der Waals surface area contributed by atoms with Gasteiger partial charge in [0.1, 0.15) is 0 Å². The van der Waals surface area contributed by atoms with E-state index in [-0.39, 0.29) is 6.04 Å². The van der Waals surface area contributed by atoms with Gasteiger partial charge in [-0.3, -0.25) is 4.90 Å². The van der Waals surface area contributed by atoms with Crippen molar-refractivity contribution in [3.63, 3.8) is 0 Å². The van der Waals surface area contributed by atoms with Gasteiger partial charge in [-0.2, -0.15) is 0 Å². The highest BCUT2D eigenvalue weighted by Crippen LogP contribution is 2.36. The smallest absolute Gasteiger partial charge is 0.0595 e. The SMILES string of the molecule is CC(C)CCN(C1CC1)C(CN)c1ccc(Cl)c(Cl)c1. The molecule has 1 aliphatic carbocycles. The summed E-state index contributed by atoms with van der Waals surface area (Å²) in [4.78, 5) is 2.56. The van der Waals surface area contributed by atoms with E-state index in [0.717, 1.165) is 6.54 Å². The van der Waals surface area contributed by atoms with E-state index in [1.165, 1.54) is 24.8 Å². The van der Waals surface area contributed by atoms with Gasteiger partial charge in [0.05, 0.1) is 10.0 Å². The van der Waals surface area contributed by atoms with Gasteiger partial charge in [0.25, 0.3) is 0 Å². The molecule has 1 saturated carbocycles. The van der Waals surface area contributed by atoms with Gasteiger partial charge in [0, 0.05) is 18.6 Å². The Hall–Kier alpha value is -0.280. The average molecular weight is 315 g/mol. The lowest BCUT2D eigenvalue weighted by atomic mass is 10.0. The molecule has 0 aliphatic heterocycles. The maximum atomic E-state index is 6.15. The summed E-state index contributed by atoms with van der Waals surface area (Å²) in [7, 11) is 0. The number of halogens is 2. The topological polar surface area (TPSA) is 29.3 Å². The molecule has 4 heteroatoms. The van der Waals surface area contributed by atoms with E-state index in [1.54, 1.807) is 0 Å². The van der Waals surface area contributed by atoms with E-state index >= 15 is 0 Å². The van der Waals surface area contributed by atoms with Gasteiger partial charge in [-0.1, -0.05) is 43.1 Å². The zero-order valence-corrected chi connectivity index (χ0v) is 13.8. The number of hydrogen-bond donors (Lipinski definition) is 1. The van der Waals surface area contributed by atoms with Crippen molar-refractivity contribution in [1.29, 1.82) is 0 Å². The third-order valence-electron chi connectivity index (χ3n) is 3.93.